The molecule has 0 aliphatic heterocycles. The maximum absolute atomic E-state index is 11.2. The third-order valence-corrected chi connectivity index (χ3v) is 3.40. The summed E-state index contributed by atoms with van der Waals surface area (Å²) in [7, 11) is -3.18. The van der Waals surface area contributed by atoms with Gasteiger partial charge in [0.15, 0.2) is 0 Å². The monoisotopic (exact) mass is 202 g/mol. The molecule has 0 aromatic heterocycles. The van der Waals surface area contributed by atoms with Crippen molar-refractivity contribution in [2.24, 2.45) is 0 Å². The predicted molar refractivity (Wildman–Crippen MR) is 28.7 cm³/mol. The molecular formula is C2H2F6P2. The molecule has 0 saturated carbocycles. The van der Waals surface area contributed by atoms with E-state index < -0.39 is 19.4 Å². The van der Waals surface area contributed by atoms with E-state index in [0.29, 0.717) is 0 Å². The molecule has 0 aromatic rings. The molecule has 0 radical (unpaired) electrons. The largest absolute Gasteiger partial charge is 0.417 e. The van der Waals surface area contributed by atoms with E-state index in [4.69, 9.17) is 0 Å². The zero-order valence-corrected chi connectivity index (χ0v) is 6.34. The van der Waals surface area contributed by atoms with Gasteiger partial charge < -0.3 is 0 Å². The van der Waals surface area contributed by atoms with Crippen molar-refractivity contribution < 1.29 is 26.3 Å². The van der Waals surface area contributed by atoms with Crippen molar-refractivity contribution in [1.82, 2.24) is 0 Å². The summed E-state index contributed by atoms with van der Waals surface area (Å²) in [5.41, 5.74) is 0. The molecule has 1 atom stereocenters. The fraction of sp³-hybridized carbons (Fsp3) is 1.00. The highest BCUT2D eigenvalue weighted by atomic mass is 32.0. The van der Waals surface area contributed by atoms with Gasteiger partial charge in [-0.25, -0.2) is 0 Å². The van der Waals surface area contributed by atoms with Gasteiger partial charge in [0.2, 0.25) is 0 Å². The molecular weight excluding hydrogens is 200 g/mol. The van der Waals surface area contributed by atoms with Crippen molar-refractivity contribution in [2.45, 2.75) is 11.8 Å². The molecule has 1 unspecified atom stereocenters. The van der Waals surface area contributed by atoms with Crippen LogP contribution in [0.4, 0.5) is 26.3 Å². The van der Waals surface area contributed by atoms with Gasteiger partial charge in [0.25, 0.3) is 0 Å². The third kappa shape index (κ3) is 3.02. The van der Waals surface area contributed by atoms with Crippen LogP contribution in [0.25, 0.3) is 0 Å². The highest BCUT2D eigenvalue weighted by molar-refractivity contribution is 8.14. The molecule has 0 aliphatic rings. The molecule has 0 rings (SSSR count). The molecule has 0 heterocycles. The Morgan fingerprint density at radius 2 is 1.00 bits per heavy atom. The normalized spacial score (nSPS) is 14.4. The second kappa shape index (κ2) is 2.82. The molecule has 8 heteroatoms. The molecule has 0 saturated heterocycles. The lowest BCUT2D eigenvalue weighted by atomic mass is 11.5. The van der Waals surface area contributed by atoms with E-state index >= 15 is 0 Å². The van der Waals surface area contributed by atoms with Gasteiger partial charge in [0, 0.05) is 0 Å². The maximum atomic E-state index is 11.2. The van der Waals surface area contributed by atoms with Gasteiger partial charge in [0.1, 0.15) is 7.61 Å². The second-order valence-corrected chi connectivity index (χ2v) is 4.61. The SMILES string of the molecule is FC(F)(F)P(P)C(F)(F)F. The van der Waals surface area contributed by atoms with E-state index in [9.17, 15) is 26.3 Å². The number of hydrogen-bond acceptors (Lipinski definition) is 0. The van der Waals surface area contributed by atoms with Gasteiger partial charge in [-0.3, -0.25) is 0 Å². The lowest BCUT2D eigenvalue weighted by Crippen LogP contribution is -2.13. The Balaban J connectivity index is 4.23. The summed E-state index contributed by atoms with van der Waals surface area (Å²) < 4.78 is 67.4. The molecule has 62 valence electrons. The maximum Gasteiger partial charge on any atom is 0.417 e. The average molecular weight is 202 g/mol. The minimum absolute atomic E-state index is 0.764. The summed E-state index contributed by atoms with van der Waals surface area (Å²) in [5, 5.41) is 0. The smallest absolute Gasteiger partial charge is 0.166 e. The molecule has 0 bridgehead atoms. The lowest BCUT2D eigenvalue weighted by molar-refractivity contribution is -0.0794. The van der Waals surface area contributed by atoms with Crippen LogP contribution in [0.5, 0.6) is 0 Å². The summed E-state index contributed by atoms with van der Waals surface area (Å²) in [4.78, 5) is 0. The highest BCUT2D eigenvalue weighted by Gasteiger charge is 2.53. The van der Waals surface area contributed by atoms with Gasteiger partial charge in [0.05, 0.1) is 0 Å². The number of rotatable bonds is 0. The van der Waals surface area contributed by atoms with Crippen molar-refractivity contribution in [2.75, 3.05) is 0 Å². The Kier molecular flexibility index (Phi) is 2.94. The Morgan fingerprint density at radius 1 is 0.800 bits per heavy atom. The van der Waals surface area contributed by atoms with E-state index in [0.717, 1.165) is 8.93 Å². The van der Waals surface area contributed by atoms with Crippen molar-refractivity contribution in [3.63, 3.8) is 0 Å². The van der Waals surface area contributed by atoms with Crippen LogP contribution >= 0.6 is 16.5 Å². The Bertz CT molecular complexity index is 97.9. The molecule has 0 fully saturated rings. The fourth-order valence-corrected chi connectivity index (χ4v) is 0.431. The number of alkyl halides is 6. The van der Waals surface area contributed by atoms with Gasteiger partial charge in [-0.05, 0) is 0 Å². The topological polar surface area (TPSA) is 0 Å². The Hall–Kier alpha value is 0.440. The standard InChI is InChI=1S/C2H2F6P2/c3-1(4,5)10(9)2(6,7)8/h9H2. The van der Waals surface area contributed by atoms with Crippen LogP contribution in [0.1, 0.15) is 0 Å². The molecule has 10 heavy (non-hydrogen) atoms. The van der Waals surface area contributed by atoms with E-state index in [1.54, 1.807) is 0 Å². The zero-order valence-electron chi connectivity index (χ0n) is 4.29. The van der Waals surface area contributed by atoms with Crippen LogP contribution in [0, 0.1) is 0 Å². The first-order valence-electron chi connectivity index (χ1n) is 1.84. The van der Waals surface area contributed by atoms with Crippen molar-refractivity contribution in [1.29, 1.82) is 0 Å². The second-order valence-electron chi connectivity index (χ2n) is 1.31. The zero-order chi connectivity index (χ0) is 8.58. The molecule has 0 amide bonds. The van der Waals surface area contributed by atoms with Crippen LogP contribution in [0.3, 0.4) is 0 Å². The summed E-state index contributed by atoms with van der Waals surface area (Å²) >= 11 is 0. The predicted octanol–water partition coefficient (Wildman–Crippen LogP) is 3.30. The Labute approximate surface area is 55.8 Å². The van der Waals surface area contributed by atoms with Gasteiger partial charge in [-0.1, -0.05) is 8.93 Å². The highest BCUT2D eigenvalue weighted by Crippen LogP contribution is 2.69. The van der Waals surface area contributed by atoms with Gasteiger partial charge in [-0.2, -0.15) is 26.3 Å². The van der Waals surface area contributed by atoms with Gasteiger partial charge >= 0.3 is 11.8 Å². The summed E-state index contributed by atoms with van der Waals surface area (Å²) in [6, 6.07) is 0. The fourth-order valence-electron chi connectivity index (χ4n) is 0.144. The van der Waals surface area contributed by atoms with Crippen LogP contribution in [0.2, 0.25) is 0 Å². The first-order valence-corrected chi connectivity index (χ1v) is 4.80. The number of hydrogen-bond donors (Lipinski definition) is 0. The molecule has 0 N–H and O–H groups in total. The molecule has 0 nitrogen and oxygen atoms in total. The van der Waals surface area contributed by atoms with Crippen LogP contribution < -0.4 is 0 Å². The third-order valence-electron chi connectivity index (χ3n) is 0.546. The van der Waals surface area contributed by atoms with Crippen molar-refractivity contribution in [3.05, 3.63) is 0 Å². The van der Waals surface area contributed by atoms with Gasteiger partial charge in [-0.15, -0.1) is 0 Å². The van der Waals surface area contributed by atoms with E-state index in [1.807, 2.05) is 0 Å². The molecule has 0 aromatic carbocycles. The van der Waals surface area contributed by atoms with E-state index in [1.165, 1.54) is 0 Å². The Morgan fingerprint density at radius 3 is 1.00 bits per heavy atom. The number of halogens is 6. The average Bonchev–Trinajstić information content (AvgIpc) is 1.59. The van der Waals surface area contributed by atoms with E-state index in [-0.39, 0.29) is 0 Å². The molecule has 0 aliphatic carbocycles. The van der Waals surface area contributed by atoms with E-state index in [2.05, 4.69) is 0 Å². The van der Waals surface area contributed by atoms with Crippen LogP contribution in [0.15, 0.2) is 0 Å². The van der Waals surface area contributed by atoms with Crippen LogP contribution in [-0.2, 0) is 0 Å². The first-order chi connectivity index (χ1) is 4.15. The summed E-state index contributed by atoms with van der Waals surface area (Å²) in [5.74, 6) is -10.3. The molecule has 0 spiro atoms. The van der Waals surface area contributed by atoms with Crippen molar-refractivity contribution >= 4 is 16.5 Å². The quantitative estimate of drug-likeness (QED) is 0.417. The lowest BCUT2D eigenvalue weighted by Gasteiger charge is -2.17. The minimum atomic E-state index is -5.15. The minimum Gasteiger partial charge on any atom is -0.166 e. The van der Waals surface area contributed by atoms with Crippen LogP contribution in [-0.4, -0.2) is 11.8 Å². The summed E-state index contributed by atoms with van der Waals surface area (Å²) in [6.45, 7) is 0. The van der Waals surface area contributed by atoms with Crippen molar-refractivity contribution in [3.8, 4) is 0 Å². The summed E-state index contributed by atoms with van der Waals surface area (Å²) in [6.07, 6.45) is 0. The first kappa shape index (κ1) is 10.4.